The van der Waals surface area contributed by atoms with Gasteiger partial charge in [0, 0.05) is 24.4 Å². The van der Waals surface area contributed by atoms with Gasteiger partial charge in [-0.25, -0.2) is 14.6 Å². The third kappa shape index (κ3) is 6.73. The first-order valence-electron chi connectivity index (χ1n) is 10.2. The topological polar surface area (TPSA) is 80.8 Å². The van der Waals surface area contributed by atoms with Crippen LogP contribution in [0.3, 0.4) is 0 Å². The number of nitrogens with one attached hydrogen (secondary N) is 1. The second kappa shape index (κ2) is 9.93. The minimum atomic E-state index is -0.501. The molecule has 0 saturated carbocycles. The summed E-state index contributed by atoms with van der Waals surface area (Å²) in [4.78, 5) is 30.7. The summed E-state index contributed by atoms with van der Waals surface area (Å²) in [6.45, 7) is 7.48. The molecule has 1 N–H and O–H groups in total. The van der Waals surface area contributed by atoms with Crippen LogP contribution in [0.1, 0.15) is 55.8 Å². The van der Waals surface area contributed by atoms with E-state index < -0.39 is 11.7 Å². The molecule has 8 heteroatoms. The Kier molecular flexibility index (Phi) is 7.31. The number of alkyl carbamates (subject to hydrolysis) is 1. The maximum Gasteiger partial charge on any atom is 0.410 e. The van der Waals surface area contributed by atoms with Gasteiger partial charge in [-0.05, 0) is 39.2 Å². The third-order valence-electron chi connectivity index (χ3n) is 4.66. The Morgan fingerprint density at radius 3 is 2.77 bits per heavy atom. The SMILES string of the molecule is CC(C)(C)OC(=O)N1CCC[C@H](c2csc(CNC(=O)OCc3ccccc3)n2)C1. The Balaban J connectivity index is 1.47. The van der Waals surface area contributed by atoms with E-state index in [-0.39, 0.29) is 18.6 Å². The van der Waals surface area contributed by atoms with Crippen molar-refractivity contribution in [2.75, 3.05) is 13.1 Å². The number of hydrogen-bond donors (Lipinski definition) is 1. The maximum atomic E-state index is 12.4. The second-order valence-corrected chi connectivity index (χ2v) is 9.29. The molecule has 2 aromatic rings. The molecule has 0 aliphatic carbocycles. The molecule has 7 nitrogen and oxygen atoms in total. The molecular weight excluding hydrogens is 402 g/mol. The molecule has 0 bridgehead atoms. The molecule has 0 unspecified atom stereocenters. The largest absolute Gasteiger partial charge is 0.445 e. The summed E-state index contributed by atoms with van der Waals surface area (Å²) in [6, 6.07) is 9.55. The van der Waals surface area contributed by atoms with Gasteiger partial charge in [-0.3, -0.25) is 0 Å². The standard InChI is InChI=1S/C22H29N3O4S/c1-22(2,3)29-21(27)25-11-7-10-17(13-25)18-15-30-19(24-18)12-23-20(26)28-14-16-8-5-4-6-9-16/h4-6,8-9,15,17H,7,10-14H2,1-3H3,(H,23,26)/t17-/m0/s1. The van der Waals surface area contributed by atoms with Gasteiger partial charge in [0.25, 0.3) is 0 Å². The third-order valence-corrected chi connectivity index (χ3v) is 5.52. The smallest absolute Gasteiger partial charge is 0.410 e. The van der Waals surface area contributed by atoms with E-state index in [1.165, 1.54) is 11.3 Å². The van der Waals surface area contributed by atoms with Gasteiger partial charge in [0.2, 0.25) is 0 Å². The number of thiazole rings is 1. The number of benzene rings is 1. The number of nitrogens with zero attached hydrogens (tertiary/aromatic N) is 2. The minimum absolute atomic E-state index is 0.182. The molecule has 0 radical (unpaired) electrons. The molecule has 1 aliphatic rings. The Bertz CT molecular complexity index is 848. The highest BCUT2D eigenvalue weighted by molar-refractivity contribution is 7.09. The lowest BCUT2D eigenvalue weighted by Gasteiger charge is -2.33. The Morgan fingerprint density at radius 1 is 1.27 bits per heavy atom. The summed E-state index contributed by atoms with van der Waals surface area (Å²) < 4.78 is 10.7. The van der Waals surface area contributed by atoms with Gasteiger partial charge in [-0.1, -0.05) is 30.3 Å². The molecule has 1 aromatic carbocycles. The van der Waals surface area contributed by atoms with Crippen molar-refractivity contribution >= 4 is 23.5 Å². The lowest BCUT2D eigenvalue weighted by molar-refractivity contribution is 0.0197. The number of hydrogen-bond acceptors (Lipinski definition) is 6. The molecule has 30 heavy (non-hydrogen) atoms. The fraction of sp³-hybridized carbons (Fsp3) is 0.500. The van der Waals surface area contributed by atoms with Gasteiger partial charge in [0.1, 0.15) is 17.2 Å². The molecule has 1 atom stereocenters. The van der Waals surface area contributed by atoms with Gasteiger partial charge < -0.3 is 19.7 Å². The summed E-state index contributed by atoms with van der Waals surface area (Å²) in [6.07, 6.45) is 1.16. The number of aromatic nitrogens is 1. The van der Waals surface area contributed by atoms with Crippen LogP contribution < -0.4 is 5.32 Å². The average Bonchev–Trinajstić information content (AvgIpc) is 3.19. The molecule has 1 fully saturated rings. The predicted octanol–water partition coefficient (Wildman–Crippen LogP) is 4.68. The van der Waals surface area contributed by atoms with Crippen LogP contribution in [0.2, 0.25) is 0 Å². The quantitative estimate of drug-likeness (QED) is 0.743. The van der Waals surface area contributed by atoms with Crippen LogP contribution in [0.25, 0.3) is 0 Å². The van der Waals surface area contributed by atoms with Crippen molar-refractivity contribution in [1.82, 2.24) is 15.2 Å². The van der Waals surface area contributed by atoms with Crippen molar-refractivity contribution in [2.45, 2.75) is 58.3 Å². The molecule has 3 rings (SSSR count). The van der Waals surface area contributed by atoms with Crippen LogP contribution in [-0.4, -0.2) is 40.8 Å². The van der Waals surface area contributed by atoms with Crippen LogP contribution in [0.5, 0.6) is 0 Å². The van der Waals surface area contributed by atoms with E-state index >= 15 is 0 Å². The highest BCUT2D eigenvalue weighted by Gasteiger charge is 2.29. The number of likely N-dealkylation sites (tertiary alicyclic amines) is 1. The van der Waals surface area contributed by atoms with E-state index in [0.717, 1.165) is 29.1 Å². The molecule has 1 aliphatic heterocycles. The molecule has 1 aromatic heterocycles. The Hall–Kier alpha value is -2.61. The summed E-state index contributed by atoms with van der Waals surface area (Å²) in [5.41, 5.74) is 1.40. The maximum absolute atomic E-state index is 12.4. The highest BCUT2D eigenvalue weighted by atomic mass is 32.1. The number of piperidine rings is 1. The van der Waals surface area contributed by atoms with E-state index in [0.29, 0.717) is 19.6 Å². The lowest BCUT2D eigenvalue weighted by atomic mass is 9.96. The number of carbonyl (C=O) groups is 2. The van der Waals surface area contributed by atoms with E-state index in [2.05, 4.69) is 10.3 Å². The number of carbonyl (C=O) groups excluding carboxylic acids is 2. The second-order valence-electron chi connectivity index (χ2n) is 8.35. The molecule has 2 heterocycles. The number of amides is 2. The molecule has 2 amide bonds. The van der Waals surface area contributed by atoms with Crippen LogP contribution in [0.4, 0.5) is 9.59 Å². The van der Waals surface area contributed by atoms with Gasteiger partial charge in [0.15, 0.2) is 0 Å². The zero-order chi connectivity index (χ0) is 21.6. The van der Waals surface area contributed by atoms with Crippen molar-refractivity contribution in [2.24, 2.45) is 0 Å². The summed E-state index contributed by atoms with van der Waals surface area (Å²) in [7, 11) is 0. The fourth-order valence-corrected chi connectivity index (χ4v) is 4.04. The highest BCUT2D eigenvalue weighted by Crippen LogP contribution is 2.28. The molecular formula is C22H29N3O4S. The van der Waals surface area contributed by atoms with Crippen molar-refractivity contribution in [1.29, 1.82) is 0 Å². The zero-order valence-corrected chi connectivity index (χ0v) is 18.5. The average molecular weight is 432 g/mol. The van der Waals surface area contributed by atoms with Crippen LogP contribution in [0, 0.1) is 0 Å². The van der Waals surface area contributed by atoms with Crippen LogP contribution in [-0.2, 0) is 22.6 Å². The van der Waals surface area contributed by atoms with E-state index in [4.69, 9.17) is 9.47 Å². The van der Waals surface area contributed by atoms with Crippen molar-refractivity contribution in [3.8, 4) is 0 Å². The van der Waals surface area contributed by atoms with E-state index in [1.54, 1.807) is 4.90 Å². The van der Waals surface area contributed by atoms with Crippen molar-refractivity contribution < 1.29 is 19.1 Å². The van der Waals surface area contributed by atoms with E-state index in [9.17, 15) is 9.59 Å². The number of rotatable bonds is 5. The summed E-state index contributed by atoms with van der Waals surface area (Å²) >= 11 is 1.50. The molecule has 1 saturated heterocycles. The molecule has 0 spiro atoms. The predicted molar refractivity (Wildman–Crippen MR) is 115 cm³/mol. The minimum Gasteiger partial charge on any atom is -0.445 e. The summed E-state index contributed by atoms with van der Waals surface area (Å²) in [5.74, 6) is 0.182. The van der Waals surface area contributed by atoms with Gasteiger partial charge in [0.05, 0.1) is 12.2 Å². The van der Waals surface area contributed by atoms with Crippen LogP contribution >= 0.6 is 11.3 Å². The first kappa shape index (κ1) is 22.1. The van der Waals surface area contributed by atoms with Gasteiger partial charge in [-0.15, -0.1) is 11.3 Å². The zero-order valence-electron chi connectivity index (χ0n) is 17.7. The monoisotopic (exact) mass is 431 g/mol. The fourth-order valence-electron chi connectivity index (χ4n) is 3.23. The Labute approximate surface area is 181 Å². The first-order chi connectivity index (χ1) is 14.3. The number of ether oxygens (including phenoxy) is 2. The Morgan fingerprint density at radius 2 is 2.03 bits per heavy atom. The van der Waals surface area contributed by atoms with Crippen molar-refractivity contribution in [3.63, 3.8) is 0 Å². The molecule has 162 valence electrons. The first-order valence-corrected chi connectivity index (χ1v) is 11.0. The van der Waals surface area contributed by atoms with Gasteiger partial charge in [-0.2, -0.15) is 0 Å². The van der Waals surface area contributed by atoms with E-state index in [1.807, 2.05) is 56.5 Å². The van der Waals surface area contributed by atoms with Crippen molar-refractivity contribution in [3.05, 3.63) is 52.0 Å². The lowest BCUT2D eigenvalue weighted by Crippen LogP contribution is -2.42. The van der Waals surface area contributed by atoms with Gasteiger partial charge >= 0.3 is 12.2 Å². The summed E-state index contributed by atoms with van der Waals surface area (Å²) in [5, 5.41) is 5.57. The van der Waals surface area contributed by atoms with Crippen LogP contribution in [0.15, 0.2) is 35.7 Å². The normalized spacial score (nSPS) is 16.8.